The fourth-order valence-corrected chi connectivity index (χ4v) is 0. The first-order chi connectivity index (χ1) is 1.41. The molecule has 3 heteroatoms. The Labute approximate surface area is 42.5 Å². The van der Waals surface area contributed by atoms with Gasteiger partial charge in [-0.15, -0.1) is 0 Å². The molecule has 0 aliphatic heterocycles. The zero-order chi connectivity index (χ0) is 2.71. The molecule has 0 bridgehead atoms. The molecule has 0 aliphatic carbocycles. The van der Waals surface area contributed by atoms with Gasteiger partial charge < -0.3 is 0 Å². The van der Waals surface area contributed by atoms with Crippen LogP contribution < -0.4 is 0 Å². The van der Waals surface area contributed by atoms with Crippen LogP contribution in [0.4, 0.5) is 0 Å². The van der Waals surface area contributed by atoms with Crippen LogP contribution in [0.15, 0.2) is 0 Å². The third-order valence-electron chi connectivity index (χ3n) is 0. The van der Waals surface area contributed by atoms with Crippen molar-refractivity contribution in [2.75, 3.05) is 0 Å². The second-order valence-corrected chi connectivity index (χ2v) is 3.93. The Balaban J connectivity index is 0. The summed E-state index contributed by atoms with van der Waals surface area (Å²) in [6.07, 6.45) is 0. The van der Waals surface area contributed by atoms with Gasteiger partial charge in [-0.05, 0) is 0 Å². The maximum absolute atomic E-state index is 3.48. The van der Waals surface area contributed by atoms with E-state index in [1.54, 1.807) is 0 Å². The van der Waals surface area contributed by atoms with Gasteiger partial charge in [-0.2, -0.15) is 0 Å². The van der Waals surface area contributed by atoms with Gasteiger partial charge in [-0.25, -0.2) is 0 Å². The molecule has 1 unspecified atom stereocenters. The van der Waals surface area contributed by atoms with Crippen LogP contribution in [0.5, 0.6) is 0 Å². The molecule has 0 aliphatic rings. The molecule has 0 fully saturated rings. The Hall–Kier alpha value is 1.47. The Kier molecular flexibility index (Phi) is 20.0. The molecular weight excluding hydrogens is 154 g/mol. The van der Waals surface area contributed by atoms with Crippen molar-refractivity contribution in [3.8, 4) is 0 Å². The summed E-state index contributed by atoms with van der Waals surface area (Å²) in [6.45, 7) is 0. The topological polar surface area (TPSA) is 0 Å². The van der Waals surface area contributed by atoms with Crippen molar-refractivity contribution in [3.05, 3.63) is 0 Å². The summed E-state index contributed by atoms with van der Waals surface area (Å²) in [7, 11) is 2.50. The predicted molar refractivity (Wildman–Crippen MR) is 16.4 cm³/mol. The van der Waals surface area contributed by atoms with Crippen LogP contribution in [0, 0.1) is 0 Å². The summed E-state index contributed by atoms with van der Waals surface area (Å²) in [6, 6.07) is 0. The van der Waals surface area contributed by atoms with Crippen molar-refractivity contribution in [3.63, 3.8) is 0 Å². The third-order valence-corrected chi connectivity index (χ3v) is 0. The van der Waals surface area contributed by atoms with Crippen molar-refractivity contribution >= 4 is 7.93 Å². The molecule has 0 aromatic carbocycles. The first-order valence-corrected chi connectivity index (χ1v) is 4.97. The molecule has 0 aromatic rings. The molecule has 30 valence electrons. The normalized spacial score (nSPS) is 4.50. The molecule has 0 amide bonds. The molecule has 0 heterocycles. The second-order valence-electron chi connectivity index (χ2n) is 0.0772. The van der Waals surface area contributed by atoms with E-state index >= 15 is 0 Å². The predicted octanol–water partition coefficient (Wildman–Crippen LogP) is 0.957. The molecule has 4 heavy (non-hydrogen) atoms. The maximum atomic E-state index is 3.48. The van der Waals surface area contributed by atoms with Crippen LogP contribution in [0.25, 0.3) is 0 Å². The van der Waals surface area contributed by atoms with Crippen LogP contribution >= 0.6 is 7.93 Å². The minimum absolute atomic E-state index is 0. The summed E-state index contributed by atoms with van der Waals surface area (Å²) >= 11 is 4.21. The SMILES string of the molecule is C.[PH2][Mn][Fe]. The van der Waals surface area contributed by atoms with Gasteiger partial charge in [0.1, 0.15) is 0 Å². The van der Waals surface area contributed by atoms with Crippen molar-refractivity contribution in [2.24, 2.45) is 0 Å². The summed E-state index contributed by atoms with van der Waals surface area (Å²) in [5.74, 6) is 0. The second kappa shape index (κ2) is 8.82. The summed E-state index contributed by atoms with van der Waals surface area (Å²) in [5, 5.41) is 0. The third kappa shape index (κ3) is 9.80. The van der Waals surface area contributed by atoms with E-state index in [1.807, 2.05) is 0 Å². The van der Waals surface area contributed by atoms with Crippen molar-refractivity contribution in [1.29, 1.82) is 0 Å². The molecule has 0 aromatic heterocycles. The Morgan fingerprint density at radius 2 is 1.75 bits per heavy atom. The minimum atomic E-state index is 0. The quantitative estimate of drug-likeness (QED) is 0.365. The van der Waals surface area contributed by atoms with E-state index in [9.17, 15) is 0 Å². The number of hydrogen-bond acceptors (Lipinski definition) is 0. The molecule has 0 N–H and O–H groups in total. The van der Waals surface area contributed by atoms with E-state index in [0.29, 0.717) is 0 Å². The van der Waals surface area contributed by atoms with Crippen LogP contribution in [-0.4, -0.2) is 0 Å². The van der Waals surface area contributed by atoms with E-state index in [4.69, 9.17) is 0 Å². The summed E-state index contributed by atoms with van der Waals surface area (Å²) < 4.78 is 0. The van der Waals surface area contributed by atoms with E-state index in [2.05, 4.69) is 22.1 Å². The number of rotatable bonds is 0. The van der Waals surface area contributed by atoms with Crippen molar-refractivity contribution < 1.29 is 26.9 Å². The molecule has 0 spiro atoms. The zero-order valence-corrected chi connectivity index (χ0v) is 4.75. The molecular formula is CH6FeMnP. The first-order valence-electron chi connectivity index (χ1n) is 0.352. The van der Waals surface area contributed by atoms with Crippen LogP contribution in [0.3, 0.4) is 0 Å². The van der Waals surface area contributed by atoms with Gasteiger partial charge in [-0.3, -0.25) is 0 Å². The van der Waals surface area contributed by atoms with Crippen LogP contribution in [-0.2, 0) is 26.9 Å². The van der Waals surface area contributed by atoms with Gasteiger partial charge in [0.15, 0.2) is 0 Å². The fourth-order valence-electron chi connectivity index (χ4n) is 0. The van der Waals surface area contributed by atoms with Gasteiger partial charge in [-0.1, -0.05) is 7.43 Å². The average molecular weight is 160 g/mol. The summed E-state index contributed by atoms with van der Waals surface area (Å²) in [4.78, 5) is 0. The van der Waals surface area contributed by atoms with Crippen LogP contribution in [0.2, 0.25) is 0 Å². The van der Waals surface area contributed by atoms with Gasteiger partial charge in [0.2, 0.25) is 0 Å². The van der Waals surface area contributed by atoms with Gasteiger partial charge >= 0.3 is 34.8 Å². The van der Waals surface area contributed by atoms with Gasteiger partial charge in [0, 0.05) is 0 Å². The molecule has 0 nitrogen and oxygen atoms in total. The van der Waals surface area contributed by atoms with E-state index in [0.717, 1.165) is 12.7 Å². The zero-order valence-electron chi connectivity index (χ0n) is 1.31. The number of hydrogen-bond donors (Lipinski definition) is 0. The van der Waals surface area contributed by atoms with Crippen LogP contribution in [0.1, 0.15) is 7.43 Å². The molecule has 0 saturated heterocycles. The van der Waals surface area contributed by atoms with E-state index in [1.165, 1.54) is 0 Å². The average Bonchev–Trinajstić information content (AvgIpc) is 0.918. The molecule has 0 radical (unpaired) electrons. The standard InChI is InChI=1S/CH4.Fe.Mn.H2P/h1H4;;;1H2/q;;+1;-1. The Morgan fingerprint density at radius 3 is 1.75 bits per heavy atom. The molecule has 0 rings (SSSR count). The Morgan fingerprint density at radius 1 is 1.75 bits per heavy atom. The molecule has 1 atom stereocenters. The van der Waals surface area contributed by atoms with Crippen molar-refractivity contribution in [2.45, 2.75) is 7.43 Å². The summed E-state index contributed by atoms with van der Waals surface area (Å²) in [5.41, 5.74) is 0. The molecule has 0 saturated carbocycles. The van der Waals surface area contributed by atoms with Crippen molar-refractivity contribution in [1.82, 2.24) is 0 Å². The Bertz CT molecular complexity index is 8.00. The van der Waals surface area contributed by atoms with Gasteiger partial charge in [0.25, 0.3) is 0 Å². The fraction of sp³-hybridized carbons (Fsp3) is 1.00. The first kappa shape index (κ1) is 9.08. The van der Waals surface area contributed by atoms with E-state index in [-0.39, 0.29) is 7.43 Å². The van der Waals surface area contributed by atoms with Gasteiger partial charge in [0.05, 0.1) is 0 Å². The monoisotopic (exact) mass is 160 g/mol. The van der Waals surface area contributed by atoms with E-state index < -0.39 is 0 Å².